The molecule has 0 spiro atoms. The van der Waals surface area contributed by atoms with Gasteiger partial charge in [0, 0.05) is 45.4 Å². The first-order valence-electron chi connectivity index (χ1n) is 7.48. The summed E-state index contributed by atoms with van der Waals surface area (Å²) in [5.41, 5.74) is 9.99. The summed E-state index contributed by atoms with van der Waals surface area (Å²) in [6, 6.07) is 5.94. The zero-order valence-electron chi connectivity index (χ0n) is 12.7. The van der Waals surface area contributed by atoms with Crippen molar-refractivity contribution in [2.24, 2.45) is 0 Å². The predicted molar refractivity (Wildman–Crippen MR) is 91.2 cm³/mol. The van der Waals surface area contributed by atoms with Gasteiger partial charge in [0.1, 0.15) is 11.9 Å². The fourth-order valence-corrected chi connectivity index (χ4v) is 3.96. The zero-order valence-corrected chi connectivity index (χ0v) is 13.5. The number of aliphatic hydroxyl groups is 1. The maximum atomic E-state index is 9.35. The van der Waals surface area contributed by atoms with E-state index < -0.39 is 6.23 Å². The lowest BCUT2D eigenvalue weighted by Gasteiger charge is -2.15. The smallest absolute Gasteiger partial charge is 0.104 e. The van der Waals surface area contributed by atoms with E-state index in [9.17, 15) is 5.11 Å². The second-order valence-electron chi connectivity index (χ2n) is 5.55. The van der Waals surface area contributed by atoms with Crippen LogP contribution in [0.3, 0.4) is 0 Å². The molecule has 7 heteroatoms. The van der Waals surface area contributed by atoms with Crippen LogP contribution in [0, 0.1) is 0 Å². The first-order valence-corrected chi connectivity index (χ1v) is 8.29. The summed E-state index contributed by atoms with van der Waals surface area (Å²) < 4.78 is 1.96. The highest BCUT2D eigenvalue weighted by Crippen LogP contribution is 2.49. The van der Waals surface area contributed by atoms with Crippen molar-refractivity contribution >= 4 is 28.4 Å². The number of fused-ring (bicyclic) bond motifs is 2. The minimum Gasteiger partial charge on any atom is -0.398 e. The number of nitrogen functional groups attached to an aromatic ring is 1. The van der Waals surface area contributed by atoms with Gasteiger partial charge in [0.05, 0.1) is 12.1 Å². The van der Waals surface area contributed by atoms with Crippen molar-refractivity contribution in [2.75, 3.05) is 12.3 Å². The Kier molecular flexibility index (Phi) is 3.48. The number of nitrogens with zero attached hydrogens (tertiary/aromatic N) is 3. The monoisotopic (exact) mass is 327 g/mol. The highest BCUT2D eigenvalue weighted by Gasteiger charge is 2.25. The van der Waals surface area contributed by atoms with Crippen molar-refractivity contribution in [3.05, 3.63) is 30.6 Å². The third-order valence-electron chi connectivity index (χ3n) is 3.91. The molecule has 1 unspecified atom stereocenters. The number of hydrogen-bond donors (Lipinski definition) is 3. The Morgan fingerprint density at radius 2 is 2.26 bits per heavy atom. The Bertz CT molecular complexity index is 890. The Labute approximate surface area is 137 Å². The molecule has 3 aromatic rings. The molecular formula is C16H17N5OS. The minimum absolute atomic E-state index is 0.529. The van der Waals surface area contributed by atoms with Gasteiger partial charge >= 0.3 is 0 Å². The Hall–Kier alpha value is -2.09. The van der Waals surface area contributed by atoms with Crippen LogP contribution in [0.25, 0.3) is 22.2 Å². The number of benzene rings is 1. The van der Waals surface area contributed by atoms with Crippen LogP contribution < -0.4 is 11.1 Å². The number of rotatable bonds is 4. The number of anilines is 1. The van der Waals surface area contributed by atoms with Crippen LogP contribution >= 0.6 is 11.8 Å². The summed E-state index contributed by atoms with van der Waals surface area (Å²) in [6.07, 6.45) is 3.12. The van der Waals surface area contributed by atoms with Crippen molar-refractivity contribution in [3.63, 3.8) is 0 Å². The molecule has 118 valence electrons. The molecule has 4 N–H and O–H groups in total. The quantitative estimate of drug-likeness (QED) is 0.393. The van der Waals surface area contributed by atoms with Gasteiger partial charge in [-0.3, -0.25) is 15.0 Å². The SMILES string of the molecule is CC(O)NCCn1nc2c3c(c(N)ccc31)Sc1ccncc1-2. The standard InChI is InChI=1S/C16H17N5OS/c1-9(22)19-6-7-21-12-3-2-11(17)16-14(12)15(20-21)10-8-18-5-4-13(10)23-16/h2-5,8-9,19,22H,6-7,17H2,1H3. The van der Waals surface area contributed by atoms with E-state index in [1.807, 2.05) is 29.1 Å². The molecule has 0 fully saturated rings. The van der Waals surface area contributed by atoms with Gasteiger partial charge in [0.2, 0.25) is 0 Å². The lowest BCUT2D eigenvalue weighted by Crippen LogP contribution is -2.29. The van der Waals surface area contributed by atoms with Crippen molar-refractivity contribution in [1.29, 1.82) is 0 Å². The third kappa shape index (κ3) is 2.37. The number of aliphatic hydroxyl groups excluding tert-OH is 1. The Morgan fingerprint density at radius 1 is 1.39 bits per heavy atom. The number of nitrogens with two attached hydrogens (primary N) is 1. The molecule has 1 atom stereocenters. The summed E-state index contributed by atoms with van der Waals surface area (Å²) in [7, 11) is 0. The first kappa shape index (κ1) is 14.5. The van der Waals surface area contributed by atoms with Crippen LogP contribution in [-0.2, 0) is 6.54 Å². The van der Waals surface area contributed by atoms with Crippen LogP contribution in [0.5, 0.6) is 0 Å². The number of hydrogen-bond acceptors (Lipinski definition) is 6. The summed E-state index contributed by atoms with van der Waals surface area (Å²) in [5.74, 6) is 0. The summed E-state index contributed by atoms with van der Waals surface area (Å²) in [4.78, 5) is 6.42. The first-order chi connectivity index (χ1) is 11.1. The highest BCUT2D eigenvalue weighted by molar-refractivity contribution is 8.00. The van der Waals surface area contributed by atoms with Crippen molar-refractivity contribution in [2.45, 2.75) is 29.5 Å². The van der Waals surface area contributed by atoms with E-state index in [0.29, 0.717) is 13.1 Å². The summed E-state index contributed by atoms with van der Waals surface area (Å²) in [6.45, 7) is 3.02. The van der Waals surface area contributed by atoms with E-state index in [2.05, 4.69) is 10.3 Å². The van der Waals surface area contributed by atoms with Gasteiger partial charge in [0.25, 0.3) is 0 Å². The fraction of sp³-hybridized carbons (Fsp3) is 0.250. The highest BCUT2D eigenvalue weighted by atomic mass is 32.2. The molecule has 3 heterocycles. The average molecular weight is 327 g/mol. The van der Waals surface area contributed by atoms with Crippen molar-refractivity contribution in [3.8, 4) is 11.3 Å². The molecule has 0 amide bonds. The van der Waals surface area contributed by atoms with Crippen LogP contribution in [0.2, 0.25) is 0 Å². The Morgan fingerprint density at radius 3 is 3.09 bits per heavy atom. The molecule has 0 aliphatic carbocycles. The molecule has 2 aromatic heterocycles. The zero-order chi connectivity index (χ0) is 16.0. The number of nitrogens with one attached hydrogen (secondary N) is 1. The van der Waals surface area contributed by atoms with Gasteiger partial charge in [-0.2, -0.15) is 5.10 Å². The maximum absolute atomic E-state index is 9.35. The molecule has 23 heavy (non-hydrogen) atoms. The van der Waals surface area contributed by atoms with Crippen molar-refractivity contribution < 1.29 is 5.11 Å². The van der Waals surface area contributed by atoms with Crippen LogP contribution in [0.4, 0.5) is 5.69 Å². The molecule has 1 aromatic carbocycles. The van der Waals surface area contributed by atoms with Gasteiger partial charge in [-0.1, -0.05) is 11.8 Å². The molecule has 0 saturated heterocycles. The number of pyridine rings is 1. The topological polar surface area (TPSA) is 89.0 Å². The summed E-state index contributed by atoms with van der Waals surface area (Å²) >= 11 is 1.67. The largest absolute Gasteiger partial charge is 0.398 e. The normalized spacial score (nSPS) is 14.0. The van der Waals surface area contributed by atoms with Gasteiger partial charge in [-0.25, -0.2) is 0 Å². The fourth-order valence-electron chi connectivity index (χ4n) is 2.86. The van der Waals surface area contributed by atoms with Crippen LogP contribution in [-0.4, -0.2) is 32.6 Å². The third-order valence-corrected chi connectivity index (χ3v) is 5.13. The van der Waals surface area contributed by atoms with Crippen LogP contribution in [0.1, 0.15) is 6.92 Å². The lowest BCUT2D eigenvalue weighted by atomic mass is 10.1. The number of aromatic nitrogens is 3. The van der Waals surface area contributed by atoms with E-state index in [4.69, 9.17) is 10.8 Å². The van der Waals surface area contributed by atoms with E-state index >= 15 is 0 Å². The second kappa shape index (κ2) is 5.52. The van der Waals surface area contributed by atoms with Gasteiger partial charge < -0.3 is 10.8 Å². The second-order valence-corrected chi connectivity index (χ2v) is 6.61. The molecule has 0 bridgehead atoms. The molecule has 6 nitrogen and oxygen atoms in total. The molecular weight excluding hydrogens is 310 g/mol. The molecule has 0 radical (unpaired) electrons. The summed E-state index contributed by atoms with van der Waals surface area (Å²) in [5, 5.41) is 18.2. The van der Waals surface area contributed by atoms with E-state index in [1.54, 1.807) is 24.9 Å². The van der Waals surface area contributed by atoms with Gasteiger partial charge in [0.15, 0.2) is 0 Å². The minimum atomic E-state index is -0.529. The lowest BCUT2D eigenvalue weighted by molar-refractivity contribution is 0.155. The molecule has 1 aliphatic rings. The maximum Gasteiger partial charge on any atom is 0.104 e. The Balaban J connectivity index is 1.86. The van der Waals surface area contributed by atoms with E-state index in [0.717, 1.165) is 37.6 Å². The average Bonchev–Trinajstić information content (AvgIpc) is 2.90. The van der Waals surface area contributed by atoms with Crippen molar-refractivity contribution in [1.82, 2.24) is 20.1 Å². The van der Waals surface area contributed by atoms with E-state index in [-0.39, 0.29) is 0 Å². The van der Waals surface area contributed by atoms with Gasteiger partial charge in [-0.15, -0.1) is 0 Å². The molecule has 4 rings (SSSR count). The van der Waals surface area contributed by atoms with E-state index in [1.165, 1.54) is 0 Å². The van der Waals surface area contributed by atoms with Gasteiger partial charge in [-0.05, 0) is 25.1 Å². The van der Waals surface area contributed by atoms with Crippen LogP contribution in [0.15, 0.2) is 40.4 Å². The molecule has 0 saturated carbocycles. The molecule has 1 aliphatic heterocycles. The predicted octanol–water partition coefficient (Wildman–Crippen LogP) is 2.07.